The van der Waals surface area contributed by atoms with Crippen molar-refractivity contribution in [2.75, 3.05) is 4.90 Å². The predicted molar refractivity (Wildman–Crippen MR) is 72.7 cm³/mol. The first kappa shape index (κ1) is 10.9. The van der Waals surface area contributed by atoms with E-state index < -0.39 is 0 Å². The van der Waals surface area contributed by atoms with Crippen LogP contribution in [0.15, 0.2) is 48.5 Å². The van der Waals surface area contributed by atoms with Gasteiger partial charge in [0.05, 0.1) is 11.4 Å². The van der Waals surface area contributed by atoms with E-state index in [1.807, 2.05) is 36.4 Å². The molecule has 2 aromatic rings. The Kier molecular flexibility index (Phi) is 2.74. The molecule has 0 bridgehead atoms. The van der Waals surface area contributed by atoms with Crippen molar-refractivity contribution >= 4 is 11.4 Å². The first-order valence-electron chi connectivity index (χ1n) is 6.26. The van der Waals surface area contributed by atoms with Crippen LogP contribution < -0.4 is 4.90 Å². The van der Waals surface area contributed by atoms with E-state index in [1.54, 1.807) is 4.90 Å². The van der Waals surface area contributed by atoms with Gasteiger partial charge in [-0.25, -0.2) is 4.90 Å². The largest absolute Gasteiger partial charge is 0.247 e. The molecule has 2 nitrogen and oxygen atoms in total. The minimum absolute atomic E-state index is 1.02. The van der Waals surface area contributed by atoms with Gasteiger partial charge in [0.25, 0.3) is 0 Å². The van der Waals surface area contributed by atoms with Crippen LogP contribution in [0.2, 0.25) is 0 Å². The highest BCUT2D eigenvalue weighted by molar-refractivity contribution is 5.73. The molecule has 0 spiro atoms. The Hall–Kier alpha value is -2.27. The van der Waals surface area contributed by atoms with E-state index >= 15 is 0 Å². The van der Waals surface area contributed by atoms with Crippen molar-refractivity contribution in [3.05, 3.63) is 59.7 Å². The minimum atomic E-state index is 1.02. The van der Waals surface area contributed by atoms with Gasteiger partial charge in [0.15, 0.2) is 6.19 Å². The van der Waals surface area contributed by atoms with E-state index in [2.05, 4.69) is 18.3 Å². The highest BCUT2D eigenvalue weighted by Crippen LogP contribution is 2.34. The number of aryl methyl sites for hydroxylation is 2. The summed E-state index contributed by atoms with van der Waals surface area (Å²) in [6, 6.07) is 16.4. The molecule has 2 heteroatoms. The molecule has 0 saturated heterocycles. The minimum Gasteiger partial charge on any atom is -0.247 e. The van der Waals surface area contributed by atoms with Crippen LogP contribution in [0.4, 0.5) is 11.4 Å². The number of benzene rings is 2. The summed E-state index contributed by atoms with van der Waals surface area (Å²) in [6.45, 7) is 0. The molecule has 0 atom stereocenters. The molecule has 18 heavy (non-hydrogen) atoms. The molecule has 0 N–H and O–H groups in total. The topological polar surface area (TPSA) is 27.0 Å². The van der Waals surface area contributed by atoms with Crippen molar-refractivity contribution in [3.8, 4) is 6.19 Å². The molecule has 1 aliphatic rings. The number of hydrogen-bond acceptors (Lipinski definition) is 2. The fourth-order valence-electron chi connectivity index (χ4n) is 2.59. The zero-order valence-corrected chi connectivity index (χ0v) is 10.1. The molecule has 0 radical (unpaired) electrons. The molecule has 0 unspecified atom stereocenters. The summed E-state index contributed by atoms with van der Waals surface area (Å²) in [4.78, 5) is 1.75. The lowest BCUT2D eigenvalue weighted by Crippen LogP contribution is -2.15. The first-order valence-corrected chi connectivity index (χ1v) is 6.26. The van der Waals surface area contributed by atoms with Crippen molar-refractivity contribution in [2.45, 2.75) is 19.3 Å². The Labute approximate surface area is 107 Å². The molecular formula is C16H14N2. The van der Waals surface area contributed by atoms with E-state index in [0.717, 1.165) is 30.6 Å². The molecule has 0 aromatic heterocycles. The first-order chi connectivity index (χ1) is 8.90. The van der Waals surface area contributed by atoms with Crippen LogP contribution in [0.3, 0.4) is 0 Å². The summed E-state index contributed by atoms with van der Waals surface area (Å²) in [7, 11) is 0. The molecule has 0 aliphatic carbocycles. The molecule has 88 valence electrons. The Morgan fingerprint density at radius 3 is 1.83 bits per heavy atom. The second kappa shape index (κ2) is 4.54. The number of rotatable bonds is 0. The van der Waals surface area contributed by atoms with Crippen LogP contribution in [-0.2, 0) is 12.8 Å². The van der Waals surface area contributed by atoms with Gasteiger partial charge < -0.3 is 0 Å². The van der Waals surface area contributed by atoms with Gasteiger partial charge in [-0.2, -0.15) is 5.26 Å². The van der Waals surface area contributed by atoms with Crippen molar-refractivity contribution in [1.82, 2.24) is 0 Å². The van der Waals surface area contributed by atoms with E-state index in [-0.39, 0.29) is 0 Å². The van der Waals surface area contributed by atoms with Gasteiger partial charge in [0.2, 0.25) is 0 Å². The van der Waals surface area contributed by atoms with Gasteiger partial charge in [-0.3, -0.25) is 0 Å². The van der Waals surface area contributed by atoms with Crippen molar-refractivity contribution in [1.29, 1.82) is 5.26 Å². The molecule has 0 amide bonds. The van der Waals surface area contributed by atoms with Gasteiger partial charge >= 0.3 is 0 Å². The Morgan fingerprint density at radius 2 is 1.33 bits per heavy atom. The number of para-hydroxylation sites is 2. The zero-order valence-electron chi connectivity index (χ0n) is 10.1. The number of hydrogen-bond donors (Lipinski definition) is 0. The second-order valence-electron chi connectivity index (χ2n) is 4.55. The fourth-order valence-corrected chi connectivity index (χ4v) is 2.59. The molecule has 0 saturated carbocycles. The maximum Gasteiger partial charge on any atom is 0.189 e. The lowest BCUT2D eigenvalue weighted by Gasteiger charge is -2.24. The maximum atomic E-state index is 9.48. The van der Waals surface area contributed by atoms with E-state index in [1.165, 1.54) is 11.1 Å². The fraction of sp³-hybridized carbons (Fsp3) is 0.188. The standard InChI is InChI=1S/C16H14N2/c17-12-18-15-10-3-1-6-13(15)8-5-9-14-7-2-4-11-16(14)18/h1-4,6-7,10-11H,5,8-9H2. The maximum absolute atomic E-state index is 9.48. The van der Waals surface area contributed by atoms with E-state index in [0.29, 0.717) is 0 Å². The Morgan fingerprint density at radius 1 is 0.833 bits per heavy atom. The monoisotopic (exact) mass is 234 g/mol. The van der Waals surface area contributed by atoms with E-state index in [4.69, 9.17) is 0 Å². The third-order valence-corrected chi connectivity index (χ3v) is 3.46. The van der Waals surface area contributed by atoms with Crippen LogP contribution in [0.5, 0.6) is 0 Å². The summed E-state index contributed by atoms with van der Waals surface area (Å²) >= 11 is 0. The third kappa shape index (κ3) is 1.74. The molecule has 1 heterocycles. The summed E-state index contributed by atoms with van der Waals surface area (Å²) in [5, 5.41) is 9.48. The van der Waals surface area contributed by atoms with Crippen molar-refractivity contribution in [2.24, 2.45) is 0 Å². The number of nitrogens with zero attached hydrogens (tertiary/aromatic N) is 2. The van der Waals surface area contributed by atoms with E-state index in [9.17, 15) is 5.26 Å². The highest BCUT2D eigenvalue weighted by Gasteiger charge is 2.18. The second-order valence-corrected chi connectivity index (χ2v) is 4.55. The molecule has 1 aliphatic heterocycles. The van der Waals surface area contributed by atoms with Crippen molar-refractivity contribution < 1.29 is 0 Å². The summed E-state index contributed by atoms with van der Waals surface area (Å²) in [5.41, 5.74) is 4.56. The van der Waals surface area contributed by atoms with Gasteiger partial charge in [0, 0.05) is 0 Å². The quantitative estimate of drug-likeness (QED) is 0.648. The lowest BCUT2D eigenvalue weighted by atomic mass is 9.97. The van der Waals surface area contributed by atoms with Crippen molar-refractivity contribution in [3.63, 3.8) is 0 Å². The Bertz CT molecular complexity index is 563. The average Bonchev–Trinajstić information content (AvgIpc) is 2.40. The Balaban J connectivity index is 2.20. The summed E-state index contributed by atoms with van der Waals surface area (Å²) < 4.78 is 0. The van der Waals surface area contributed by atoms with Gasteiger partial charge in [0.1, 0.15) is 0 Å². The number of fused-ring (bicyclic) bond motifs is 2. The van der Waals surface area contributed by atoms with Crippen LogP contribution in [0.1, 0.15) is 17.5 Å². The molecule has 2 aromatic carbocycles. The van der Waals surface area contributed by atoms with Gasteiger partial charge in [-0.1, -0.05) is 36.4 Å². The number of nitriles is 1. The smallest absolute Gasteiger partial charge is 0.189 e. The van der Waals surface area contributed by atoms with Crippen LogP contribution in [-0.4, -0.2) is 0 Å². The summed E-state index contributed by atoms with van der Waals surface area (Å²) in [5.74, 6) is 0. The average molecular weight is 234 g/mol. The SMILES string of the molecule is N#CN1c2ccccc2CCCc2ccccc21. The number of anilines is 2. The van der Waals surface area contributed by atoms with Gasteiger partial charge in [-0.15, -0.1) is 0 Å². The summed E-state index contributed by atoms with van der Waals surface area (Å²) in [6.07, 6.45) is 5.51. The van der Waals surface area contributed by atoms with Gasteiger partial charge in [-0.05, 0) is 42.5 Å². The lowest BCUT2D eigenvalue weighted by molar-refractivity contribution is 0.810. The predicted octanol–water partition coefficient (Wildman–Crippen LogP) is 3.79. The highest BCUT2D eigenvalue weighted by atomic mass is 15.1. The van der Waals surface area contributed by atoms with Crippen LogP contribution in [0, 0.1) is 11.5 Å². The third-order valence-electron chi connectivity index (χ3n) is 3.46. The van der Waals surface area contributed by atoms with Crippen LogP contribution >= 0.6 is 0 Å². The normalized spacial score (nSPS) is 13.8. The zero-order chi connectivity index (χ0) is 12.4. The molecular weight excluding hydrogens is 220 g/mol. The molecule has 0 fully saturated rings. The van der Waals surface area contributed by atoms with Crippen LogP contribution in [0.25, 0.3) is 0 Å². The molecule has 3 rings (SSSR count).